The van der Waals surface area contributed by atoms with Crippen LogP contribution in [-0.2, 0) is 19.2 Å². The van der Waals surface area contributed by atoms with Crippen molar-refractivity contribution in [2.45, 2.75) is 19.1 Å². The van der Waals surface area contributed by atoms with Gasteiger partial charge >= 0.3 is 5.97 Å². The smallest absolute Gasteiger partial charge is 0.338 e. The summed E-state index contributed by atoms with van der Waals surface area (Å²) in [5.41, 5.74) is 2.29. The van der Waals surface area contributed by atoms with E-state index in [1.54, 1.807) is 43.4 Å². The zero-order chi connectivity index (χ0) is 24.5. The van der Waals surface area contributed by atoms with E-state index in [1.165, 1.54) is 0 Å². The second kappa shape index (κ2) is 9.23. The Morgan fingerprint density at radius 3 is 2.20 bits per heavy atom. The molecule has 2 amide bonds. The summed E-state index contributed by atoms with van der Waals surface area (Å²) in [4.78, 5) is 46.4. The average Bonchev–Trinajstić information content (AvgIpc) is 3.40. The van der Waals surface area contributed by atoms with Crippen LogP contribution in [0.15, 0.2) is 78.9 Å². The highest BCUT2D eigenvalue weighted by molar-refractivity contribution is 6.24. The van der Waals surface area contributed by atoms with Crippen LogP contribution in [0, 0.1) is 5.92 Å². The van der Waals surface area contributed by atoms with Crippen LogP contribution >= 0.6 is 0 Å². The van der Waals surface area contributed by atoms with Gasteiger partial charge in [-0.15, -0.1) is 0 Å². The molecule has 0 saturated carbocycles. The van der Waals surface area contributed by atoms with Gasteiger partial charge in [0.2, 0.25) is 5.91 Å². The zero-order valence-electron chi connectivity index (χ0n) is 19.3. The molecule has 5 rings (SSSR count). The number of amides is 2. The molecule has 3 atom stereocenters. The monoisotopic (exact) mass is 472 g/mol. The summed E-state index contributed by atoms with van der Waals surface area (Å²) in [5, 5.41) is 1.65. The molecule has 0 bridgehead atoms. The number of ether oxygens (including phenoxy) is 2. The molecule has 0 unspecified atom stereocenters. The molecule has 3 aromatic carbocycles. The quantitative estimate of drug-likeness (QED) is 0.397. The summed E-state index contributed by atoms with van der Waals surface area (Å²) >= 11 is 0. The Morgan fingerprint density at radius 2 is 1.57 bits per heavy atom. The third-order valence-corrected chi connectivity index (χ3v) is 6.22. The summed E-state index contributed by atoms with van der Waals surface area (Å²) in [6.45, 7) is 1.99. The van der Waals surface area contributed by atoms with Gasteiger partial charge in [0.05, 0.1) is 36.7 Å². The molecular weight excluding hydrogens is 448 g/mol. The van der Waals surface area contributed by atoms with E-state index in [9.17, 15) is 14.4 Å². The number of nitrogens with zero attached hydrogens (tertiary/aromatic N) is 2. The minimum atomic E-state index is -0.973. The van der Waals surface area contributed by atoms with Crippen LogP contribution in [0.2, 0.25) is 0 Å². The van der Waals surface area contributed by atoms with Crippen LogP contribution in [0.1, 0.15) is 28.9 Å². The summed E-state index contributed by atoms with van der Waals surface area (Å²) in [7, 11) is 1.59. The Bertz CT molecular complexity index is 1240. The molecule has 0 N–H and O–H groups in total. The van der Waals surface area contributed by atoms with Gasteiger partial charge < -0.3 is 9.47 Å². The first-order valence-corrected chi connectivity index (χ1v) is 11.3. The van der Waals surface area contributed by atoms with Gasteiger partial charge in [-0.1, -0.05) is 30.3 Å². The Labute approximate surface area is 202 Å². The number of fused-ring (bicyclic) bond motifs is 1. The summed E-state index contributed by atoms with van der Waals surface area (Å²) in [6, 6.07) is 22.5. The van der Waals surface area contributed by atoms with Crippen molar-refractivity contribution in [2.75, 3.05) is 23.7 Å². The molecule has 3 aromatic rings. The van der Waals surface area contributed by atoms with Crippen molar-refractivity contribution in [3.8, 4) is 5.75 Å². The molecule has 2 heterocycles. The van der Waals surface area contributed by atoms with Crippen LogP contribution in [-0.4, -0.2) is 37.6 Å². The van der Waals surface area contributed by atoms with E-state index in [1.807, 2.05) is 54.6 Å². The number of benzene rings is 3. The summed E-state index contributed by atoms with van der Waals surface area (Å²) < 4.78 is 10.3. The average molecular weight is 472 g/mol. The molecule has 0 spiro atoms. The Balaban J connectivity index is 1.50. The van der Waals surface area contributed by atoms with E-state index in [0.717, 1.165) is 16.2 Å². The first-order valence-electron chi connectivity index (χ1n) is 11.3. The van der Waals surface area contributed by atoms with E-state index in [4.69, 9.17) is 14.3 Å². The van der Waals surface area contributed by atoms with E-state index in [0.29, 0.717) is 17.0 Å². The van der Waals surface area contributed by atoms with Gasteiger partial charge in [0, 0.05) is 0 Å². The molecule has 2 aliphatic heterocycles. The molecule has 8 heteroatoms. The third kappa shape index (κ3) is 3.91. The fourth-order valence-corrected chi connectivity index (χ4v) is 4.57. The number of anilines is 2. The largest absolute Gasteiger partial charge is 0.497 e. The van der Waals surface area contributed by atoms with Gasteiger partial charge in [-0.05, 0) is 61.0 Å². The minimum absolute atomic E-state index is 0.259. The van der Waals surface area contributed by atoms with Gasteiger partial charge in [0.25, 0.3) is 5.91 Å². The van der Waals surface area contributed by atoms with E-state index in [-0.39, 0.29) is 12.5 Å². The number of rotatable bonds is 6. The van der Waals surface area contributed by atoms with Crippen LogP contribution in [0.3, 0.4) is 0 Å². The fraction of sp³-hybridized carbons (Fsp3) is 0.222. The zero-order valence-corrected chi connectivity index (χ0v) is 19.3. The molecule has 0 radical (unpaired) electrons. The van der Waals surface area contributed by atoms with Crippen molar-refractivity contribution in [3.05, 3.63) is 90.0 Å². The van der Waals surface area contributed by atoms with E-state index >= 15 is 0 Å². The maximum atomic E-state index is 13.7. The summed E-state index contributed by atoms with van der Waals surface area (Å²) in [5.74, 6) is -1.33. The van der Waals surface area contributed by atoms with Crippen LogP contribution in [0.4, 0.5) is 11.4 Å². The van der Waals surface area contributed by atoms with E-state index < -0.39 is 29.9 Å². The highest BCUT2D eigenvalue weighted by Gasteiger charge is 2.60. The Morgan fingerprint density at radius 1 is 0.886 bits per heavy atom. The highest BCUT2D eigenvalue weighted by atomic mass is 16.7. The number of hydroxylamine groups is 1. The van der Waals surface area contributed by atoms with Crippen molar-refractivity contribution in [3.63, 3.8) is 0 Å². The second-order valence-corrected chi connectivity index (χ2v) is 8.21. The maximum absolute atomic E-state index is 13.7. The van der Waals surface area contributed by atoms with Gasteiger partial charge in [-0.25, -0.2) is 14.8 Å². The van der Waals surface area contributed by atoms with Gasteiger partial charge in [-0.2, -0.15) is 0 Å². The number of hydrogen-bond acceptors (Lipinski definition) is 7. The van der Waals surface area contributed by atoms with E-state index in [2.05, 4.69) is 0 Å². The highest BCUT2D eigenvalue weighted by Crippen LogP contribution is 2.47. The fourth-order valence-electron chi connectivity index (χ4n) is 4.57. The number of carbonyl (C=O) groups excluding carboxylic acids is 3. The lowest BCUT2D eigenvalue weighted by Crippen LogP contribution is -2.37. The molecule has 0 aromatic heterocycles. The molecule has 178 valence electrons. The molecule has 8 nitrogen and oxygen atoms in total. The predicted octanol–water partition coefficient (Wildman–Crippen LogP) is 3.92. The van der Waals surface area contributed by atoms with Crippen molar-refractivity contribution in [1.82, 2.24) is 0 Å². The van der Waals surface area contributed by atoms with Crippen molar-refractivity contribution in [1.29, 1.82) is 0 Å². The third-order valence-electron chi connectivity index (χ3n) is 6.22. The molecule has 2 aliphatic rings. The normalized spacial score (nSPS) is 21.3. The van der Waals surface area contributed by atoms with Crippen LogP contribution in [0.5, 0.6) is 5.75 Å². The summed E-state index contributed by atoms with van der Waals surface area (Å²) in [6.07, 6.45) is -0.973. The lowest BCUT2D eigenvalue weighted by molar-refractivity contribution is -0.126. The molecule has 2 fully saturated rings. The lowest BCUT2D eigenvalue weighted by Gasteiger charge is -2.28. The molecule has 2 saturated heterocycles. The number of para-hydroxylation sites is 1. The van der Waals surface area contributed by atoms with Crippen molar-refractivity contribution >= 4 is 29.2 Å². The van der Waals surface area contributed by atoms with Crippen molar-refractivity contribution < 1.29 is 28.7 Å². The van der Waals surface area contributed by atoms with Crippen molar-refractivity contribution in [2.24, 2.45) is 5.92 Å². The first kappa shape index (κ1) is 22.6. The Hall–Kier alpha value is -4.17. The first-order chi connectivity index (χ1) is 17.0. The number of imide groups is 1. The number of methoxy groups -OCH3 is 1. The second-order valence-electron chi connectivity index (χ2n) is 8.21. The SMILES string of the molecule is CCOC(=O)c1ccc(N2C(=O)[C@@H]3[C@@H](ON(c4ccccc4)[C@H]3c3ccc(OC)cc3)C2=O)cc1. The maximum Gasteiger partial charge on any atom is 0.338 e. The van der Waals surface area contributed by atoms with Crippen LogP contribution < -0.4 is 14.7 Å². The molecule has 35 heavy (non-hydrogen) atoms. The van der Waals surface area contributed by atoms with Gasteiger partial charge in [-0.3, -0.25) is 14.4 Å². The number of esters is 1. The molecule has 0 aliphatic carbocycles. The van der Waals surface area contributed by atoms with Crippen LogP contribution in [0.25, 0.3) is 0 Å². The lowest BCUT2D eigenvalue weighted by atomic mass is 9.90. The minimum Gasteiger partial charge on any atom is -0.497 e. The topological polar surface area (TPSA) is 85.4 Å². The van der Waals surface area contributed by atoms with Gasteiger partial charge in [0.1, 0.15) is 11.7 Å². The predicted molar refractivity (Wildman–Crippen MR) is 128 cm³/mol. The standard InChI is InChI=1S/C27H24N2O6/c1-3-34-27(32)18-9-13-19(14-10-18)28-25(30)22-23(17-11-15-21(33-2)16-12-17)29(35-24(22)26(28)31)20-7-5-4-6-8-20/h4-16,22-24H,3H2,1-2H3/t22-,23-,24+/m0/s1. The molecular formula is C27H24N2O6. The van der Waals surface area contributed by atoms with Gasteiger partial charge in [0.15, 0.2) is 6.10 Å². The Kier molecular flexibility index (Phi) is 5.96. The number of hydrogen-bond donors (Lipinski definition) is 0. The number of carbonyl (C=O) groups is 3.